The van der Waals surface area contributed by atoms with E-state index in [1.807, 2.05) is 6.92 Å². The van der Waals surface area contributed by atoms with Gasteiger partial charge < -0.3 is 40.1 Å². The predicted molar refractivity (Wildman–Crippen MR) is 85.7 cm³/mol. The molecule has 0 radical (unpaired) electrons. The molecule has 7 atom stereocenters. The van der Waals surface area contributed by atoms with Crippen molar-refractivity contribution in [2.24, 2.45) is 0 Å². The van der Waals surface area contributed by atoms with Crippen molar-refractivity contribution in [3.05, 3.63) is 0 Å². The SMILES string of the molecule is CCCCC[C@H](O)C[C@H](CC(=O)O)O[C@H]1O[C@@H](CO)[C@@H](O)[C@@H](O)[C@H]1O. The topological polar surface area (TPSA) is 157 Å². The second kappa shape index (κ2) is 11.0. The number of carboxylic acid groups (broad SMARTS) is 1. The van der Waals surface area contributed by atoms with E-state index in [1.54, 1.807) is 0 Å². The minimum absolute atomic E-state index is 0.0328. The Balaban J connectivity index is 2.67. The number of aliphatic carboxylic acids is 1. The minimum Gasteiger partial charge on any atom is -0.481 e. The number of hydrogen-bond donors (Lipinski definition) is 6. The molecule has 9 nitrogen and oxygen atoms in total. The lowest BCUT2D eigenvalue weighted by atomic mass is 9.99. The van der Waals surface area contributed by atoms with Gasteiger partial charge in [-0.15, -0.1) is 0 Å². The van der Waals surface area contributed by atoms with Crippen molar-refractivity contribution in [1.82, 2.24) is 0 Å². The highest BCUT2D eigenvalue weighted by Gasteiger charge is 2.45. The zero-order valence-corrected chi connectivity index (χ0v) is 14.4. The van der Waals surface area contributed by atoms with E-state index in [9.17, 15) is 25.2 Å². The highest BCUT2D eigenvalue weighted by atomic mass is 16.7. The number of carboxylic acids is 1. The van der Waals surface area contributed by atoms with Crippen LogP contribution in [0.4, 0.5) is 0 Å². The molecule has 0 aliphatic carbocycles. The lowest BCUT2D eigenvalue weighted by Gasteiger charge is -2.40. The summed E-state index contributed by atoms with van der Waals surface area (Å²) in [7, 11) is 0. The van der Waals surface area contributed by atoms with E-state index < -0.39 is 61.9 Å². The Morgan fingerprint density at radius 3 is 2.40 bits per heavy atom. The molecular weight excluding hydrogens is 336 g/mol. The molecule has 148 valence electrons. The average Bonchev–Trinajstić information content (AvgIpc) is 2.55. The summed E-state index contributed by atoms with van der Waals surface area (Å²) in [4.78, 5) is 11.0. The van der Waals surface area contributed by atoms with Gasteiger partial charge in [-0.3, -0.25) is 4.79 Å². The fourth-order valence-electron chi connectivity index (χ4n) is 2.80. The van der Waals surface area contributed by atoms with Crippen molar-refractivity contribution in [3.63, 3.8) is 0 Å². The van der Waals surface area contributed by atoms with Gasteiger partial charge in [0.15, 0.2) is 6.29 Å². The van der Waals surface area contributed by atoms with Gasteiger partial charge in [-0.05, 0) is 6.42 Å². The van der Waals surface area contributed by atoms with Crippen LogP contribution in [0.25, 0.3) is 0 Å². The molecule has 0 unspecified atom stereocenters. The maximum Gasteiger partial charge on any atom is 0.305 e. The summed E-state index contributed by atoms with van der Waals surface area (Å²) < 4.78 is 10.7. The van der Waals surface area contributed by atoms with E-state index in [0.717, 1.165) is 19.3 Å². The Hall–Kier alpha value is -0.810. The van der Waals surface area contributed by atoms with Gasteiger partial charge >= 0.3 is 5.97 Å². The highest BCUT2D eigenvalue weighted by molar-refractivity contribution is 5.67. The van der Waals surface area contributed by atoms with Crippen molar-refractivity contribution in [2.45, 2.75) is 88.4 Å². The maximum absolute atomic E-state index is 11.0. The molecule has 0 aromatic carbocycles. The summed E-state index contributed by atoms with van der Waals surface area (Å²) in [6.45, 7) is 1.43. The first-order valence-electron chi connectivity index (χ1n) is 8.65. The molecule has 0 spiro atoms. The Labute approximate surface area is 146 Å². The average molecular weight is 366 g/mol. The van der Waals surface area contributed by atoms with E-state index in [-0.39, 0.29) is 6.42 Å². The number of aliphatic hydroxyl groups is 5. The van der Waals surface area contributed by atoms with Crippen LogP contribution in [0.15, 0.2) is 0 Å². The number of hydrogen-bond acceptors (Lipinski definition) is 8. The third-order valence-electron chi connectivity index (χ3n) is 4.25. The van der Waals surface area contributed by atoms with Crippen molar-refractivity contribution in [1.29, 1.82) is 0 Å². The van der Waals surface area contributed by atoms with Crippen LogP contribution in [0.1, 0.15) is 45.4 Å². The molecule has 0 saturated carbocycles. The second-order valence-corrected chi connectivity index (χ2v) is 6.44. The molecule has 1 aliphatic rings. The molecule has 0 amide bonds. The van der Waals surface area contributed by atoms with Gasteiger partial charge in [-0.2, -0.15) is 0 Å². The highest BCUT2D eigenvalue weighted by Crippen LogP contribution is 2.25. The summed E-state index contributed by atoms with van der Waals surface area (Å²) >= 11 is 0. The van der Waals surface area contributed by atoms with E-state index in [0.29, 0.717) is 6.42 Å². The third kappa shape index (κ3) is 7.14. The molecule has 25 heavy (non-hydrogen) atoms. The van der Waals surface area contributed by atoms with Crippen molar-refractivity contribution >= 4 is 5.97 Å². The normalized spacial score (nSPS) is 32.3. The summed E-state index contributed by atoms with van der Waals surface area (Å²) in [6.07, 6.45) is -6.12. The second-order valence-electron chi connectivity index (χ2n) is 6.44. The van der Waals surface area contributed by atoms with Gasteiger partial charge in [0.2, 0.25) is 0 Å². The van der Waals surface area contributed by atoms with Gasteiger partial charge in [0.25, 0.3) is 0 Å². The van der Waals surface area contributed by atoms with Crippen molar-refractivity contribution in [3.8, 4) is 0 Å². The summed E-state index contributed by atoms with van der Waals surface area (Å²) in [5.41, 5.74) is 0. The van der Waals surface area contributed by atoms with Crippen LogP contribution < -0.4 is 0 Å². The minimum atomic E-state index is -1.61. The van der Waals surface area contributed by atoms with Crippen LogP contribution in [0, 0.1) is 0 Å². The predicted octanol–water partition coefficient (Wildman–Crippen LogP) is -1.02. The smallest absolute Gasteiger partial charge is 0.305 e. The molecular formula is C16H30O9. The van der Waals surface area contributed by atoms with E-state index in [4.69, 9.17) is 19.7 Å². The van der Waals surface area contributed by atoms with Crippen molar-refractivity contribution < 1.29 is 44.9 Å². The third-order valence-corrected chi connectivity index (χ3v) is 4.25. The van der Waals surface area contributed by atoms with Crippen LogP contribution >= 0.6 is 0 Å². The Bertz CT molecular complexity index is 390. The fourth-order valence-corrected chi connectivity index (χ4v) is 2.80. The zero-order valence-electron chi connectivity index (χ0n) is 14.4. The lowest BCUT2D eigenvalue weighted by molar-refractivity contribution is -0.312. The van der Waals surface area contributed by atoms with Crippen LogP contribution in [0.2, 0.25) is 0 Å². The first kappa shape index (κ1) is 22.2. The number of ether oxygens (including phenoxy) is 2. The van der Waals surface area contributed by atoms with Gasteiger partial charge in [0.05, 0.1) is 25.2 Å². The molecule has 1 heterocycles. The molecule has 1 aliphatic heterocycles. The Kier molecular flexibility index (Phi) is 9.80. The first-order chi connectivity index (χ1) is 11.8. The van der Waals surface area contributed by atoms with Gasteiger partial charge in [-0.1, -0.05) is 26.2 Å². The van der Waals surface area contributed by atoms with Gasteiger partial charge in [0.1, 0.15) is 24.4 Å². The summed E-state index contributed by atoms with van der Waals surface area (Å²) in [6, 6.07) is 0. The summed E-state index contributed by atoms with van der Waals surface area (Å²) in [5, 5.41) is 57.7. The molecule has 9 heteroatoms. The number of aliphatic hydroxyl groups excluding tert-OH is 5. The van der Waals surface area contributed by atoms with Crippen LogP contribution in [0.5, 0.6) is 0 Å². The quantitative estimate of drug-likeness (QED) is 0.252. The molecule has 1 rings (SSSR count). The fraction of sp³-hybridized carbons (Fsp3) is 0.938. The van der Waals surface area contributed by atoms with E-state index in [1.165, 1.54) is 0 Å². The van der Waals surface area contributed by atoms with Crippen LogP contribution in [-0.2, 0) is 14.3 Å². The maximum atomic E-state index is 11.0. The number of unbranched alkanes of at least 4 members (excludes halogenated alkanes) is 2. The number of rotatable bonds is 11. The largest absolute Gasteiger partial charge is 0.481 e. The van der Waals surface area contributed by atoms with E-state index in [2.05, 4.69) is 0 Å². The molecule has 1 saturated heterocycles. The monoisotopic (exact) mass is 366 g/mol. The molecule has 0 aromatic heterocycles. The van der Waals surface area contributed by atoms with Crippen molar-refractivity contribution in [2.75, 3.05) is 6.61 Å². The zero-order chi connectivity index (χ0) is 19.0. The molecule has 1 fully saturated rings. The van der Waals surface area contributed by atoms with E-state index >= 15 is 0 Å². The summed E-state index contributed by atoms with van der Waals surface area (Å²) in [5.74, 6) is -1.14. The molecule has 6 N–H and O–H groups in total. The Morgan fingerprint density at radius 1 is 1.16 bits per heavy atom. The number of carbonyl (C=O) groups is 1. The first-order valence-corrected chi connectivity index (χ1v) is 8.65. The van der Waals surface area contributed by atoms with Gasteiger partial charge in [-0.25, -0.2) is 0 Å². The molecule has 0 aromatic rings. The lowest BCUT2D eigenvalue weighted by Crippen LogP contribution is -2.59. The Morgan fingerprint density at radius 2 is 1.84 bits per heavy atom. The van der Waals surface area contributed by atoms with Crippen LogP contribution in [0.3, 0.4) is 0 Å². The van der Waals surface area contributed by atoms with Gasteiger partial charge in [0, 0.05) is 6.42 Å². The van der Waals surface area contributed by atoms with Crippen LogP contribution in [-0.4, -0.2) is 86.1 Å². The standard InChI is InChI=1S/C16H30O9/c1-2-3-4-5-9(18)6-10(7-12(19)20)24-16-15(23)14(22)13(21)11(8-17)25-16/h9-11,13-18,21-23H,2-8H2,1H3,(H,19,20)/t9-,10+,11-,13+,14+,15+,16-/m0/s1. The molecule has 0 bridgehead atoms.